The summed E-state index contributed by atoms with van der Waals surface area (Å²) in [5.41, 5.74) is 3.76. The van der Waals surface area contributed by atoms with Crippen LogP contribution < -0.4 is 5.56 Å². The molecule has 0 unspecified atom stereocenters. The van der Waals surface area contributed by atoms with Gasteiger partial charge < -0.3 is 4.98 Å². The van der Waals surface area contributed by atoms with E-state index in [0.29, 0.717) is 11.7 Å². The van der Waals surface area contributed by atoms with Crippen molar-refractivity contribution >= 4 is 0 Å². The highest BCUT2D eigenvalue weighted by Crippen LogP contribution is 2.25. The van der Waals surface area contributed by atoms with Gasteiger partial charge in [0.2, 0.25) is 0 Å². The van der Waals surface area contributed by atoms with E-state index in [1.54, 1.807) is 6.07 Å². The molecule has 0 spiro atoms. The predicted octanol–water partition coefficient (Wildman–Crippen LogP) is 3.95. The highest BCUT2D eigenvalue weighted by atomic mass is 16.1. The van der Waals surface area contributed by atoms with Crippen molar-refractivity contribution in [1.29, 1.82) is 0 Å². The molecule has 2 heterocycles. The summed E-state index contributed by atoms with van der Waals surface area (Å²) in [6.45, 7) is 11.5. The van der Waals surface area contributed by atoms with E-state index < -0.39 is 0 Å². The van der Waals surface area contributed by atoms with Crippen molar-refractivity contribution in [2.45, 2.75) is 59.3 Å². The number of rotatable bonds is 6. The zero-order valence-electron chi connectivity index (χ0n) is 15.6. The number of hydrogen-bond donors (Lipinski definition) is 1. The van der Waals surface area contributed by atoms with Crippen molar-refractivity contribution in [3.05, 3.63) is 51.2 Å². The van der Waals surface area contributed by atoms with Crippen molar-refractivity contribution in [2.75, 3.05) is 19.6 Å². The van der Waals surface area contributed by atoms with E-state index in [1.807, 2.05) is 6.92 Å². The van der Waals surface area contributed by atoms with Crippen LogP contribution in [0.5, 0.6) is 0 Å². The van der Waals surface area contributed by atoms with E-state index in [4.69, 9.17) is 0 Å². The van der Waals surface area contributed by atoms with Crippen LogP contribution in [0, 0.1) is 6.92 Å². The summed E-state index contributed by atoms with van der Waals surface area (Å²) < 4.78 is 0. The number of hydrogen-bond acceptors (Lipinski definition) is 3. The van der Waals surface area contributed by atoms with Gasteiger partial charge in [0.15, 0.2) is 0 Å². The van der Waals surface area contributed by atoms with Crippen LogP contribution in [0.4, 0.5) is 0 Å². The number of likely N-dealkylation sites (tertiary alicyclic amines) is 1. The van der Waals surface area contributed by atoms with Crippen LogP contribution in [-0.2, 0) is 0 Å². The van der Waals surface area contributed by atoms with Crippen molar-refractivity contribution < 1.29 is 0 Å². The molecule has 1 aliphatic rings. The summed E-state index contributed by atoms with van der Waals surface area (Å²) in [7, 11) is 0. The predicted molar refractivity (Wildman–Crippen MR) is 100 cm³/mol. The van der Waals surface area contributed by atoms with E-state index in [1.165, 1.54) is 17.6 Å². The van der Waals surface area contributed by atoms with Gasteiger partial charge in [-0.25, -0.2) is 4.98 Å². The summed E-state index contributed by atoms with van der Waals surface area (Å²) in [5, 5.41) is 0. The van der Waals surface area contributed by atoms with Crippen LogP contribution in [0.1, 0.15) is 63.9 Å². The lowest BCUT2D eigenvalue weighted by atomic mass is 9.94. The minimum atomic E-state index is -0.0374. The average Bonchev–Trinajstić information content (AvgIpc) is 2.52. The third kappa shape index (κ3) is 6.08. The minimum Gasteiger partial charge on any atom is -0.311 e. The molecule has 2 rings (SSSR count). The summed E-state index contributed by atoms with van der Waals surface area (Å²) in [5.74, 6) is 1.09. The van der Waals surface area contributed by atoms with E-state index in [0.717, 1.165) is 44.6 Å². The highest BCUT2D eigenvalue weighted by molar-refractivity contribution is 5.11. The Morgan fingerprint density at radius 2 is 2.17 bits per heavy atom. The van der Waals surface area contributed by atoms with E-state index in [-0.39, 0.29) is 5.56 Å². The molecule has 1 atom stereocenters. The number of H-pyrrole nitrogens is 1. The van der Waals surface area contributed by atoms with Gasteiger partial charge in [0, 0.05) is 25.1 Å². The molecule has 1 saturated heterocycles. The first kappa shape index (κ1) is 18.7. The molecule has 1 aliphatic heterocycles. The zero-order chi connectivity index (χ0) is 17.5. The van der Waals surface area contributed by atoms with Crippen LogP contribution in [0.25, 0.3) is 0 Å². The monoisotopic (exact) mass is 329 g/mol. The molecule has 1 fully saturated rings. The van der Waals surface area contributed by atoms with Gasteiger partial charge in [-0.3, -0.25) is 9.69 Å². The Kier molecular flexibility index (Phi) is 6.98. The van der Waals surface area contributed by atoms with Crippen molar-refractivity contribution in [2.24, 2.45) is 0 Å². The van der Waals surface area contributed by atoms with Crippen LogP contribution in [0.15, 0.2) is 34.2 Å². The Balaban J connectivity index is 1.91. The fourth-order valence-corrected chi connectivity index (χ4v) is 3.25. The smallest absolute Gasteiger partial charge is 0.251 e. The van der Waals surface area contributed by atoms with Crippen molar-refractivity contribution in [1.82, 2.24) is 14.9 Å². The molecular weight excluding hydrogens is 298 g/mol. The highest BCUT2D eigenvalue weighted by Gasteiger charge is 2.22. The van der Waals surface area contributed by atoms with Gasteiger partial charge in [-0.2, -0.15) is 0 Å². The van der Waals surface area contributed by atoms with Crippen molar-refractivity contribution in [3.8, 4) is 0 Å². The second-order valence-corrected chi connectivity index (χ2v) is 7.23. The molecule has 0 aromatic carbocycles. The van der Waals surface area contributed by atoms with E-state index in [2.05, 4.69) is 47.8 Å². The van der Waals surface area contributed by atoms with Gasteiger partial charge >= 0.3 is 0 Å². The minimum absolute atomic E-state index is 0.0374. The molecule has 24 heavy (non-hydrogen) atoms. The standard InChI is InChI=1S/C20H31N3O/c1-15(2)7-5-8-16(3)10-12-23-11-6-9-18(14-23)19-13-20(24)22-17(4)21-19/h7,10,13,18H,5-6,8-9,11-12,14H2,1-4H3,(H,21,22,24)/b16-10+/t18-/m0/s1. The van der Waals surface area contributed by atoms with Crippen LogP contribution in [0.2, 0.25) is 0 Å². The molecule has 0 amide bonds. The largest absolute Gasteiger partial charge is 0.311 e. The summed E-state index contributed by atoms with van der Waals surface area (Å²) in [6.07, 6.45) is 9.21. The first-order valence-electron chi connectivity index (χ1n) is 9.03. The number of nitrogens with zero attached hydrogens (tertiary/aromatic N) is 2. The second-order valence-electron chi connectivity index (χ2n) is 7.23. The molecule has 1 aromatic heterocycles. The van der Waals surface area contributed by atoms with Gasteiger partial charge in [0.1, 0.15) is 5.82 Å². The lowest BCUT2D eigenvalue weighted by Gasteiger charge is -2.31. The normalized spacial score (nSPS) is 19.3. The lowest BCUT2D eigenvalue weighted by molar-refractivity contribution is 0.225. The summed E-state index contributed by atoms with van der Waals surface area (Å²) >= 11 is 0. The van der Waals surface area contributed by atoms with E-state index >= 15 is 0 Å². The Labute approximate surface area is 145 Å². The first-order chi connectivity index (χ1) is 11.4. The molecule has 4 heteroatoms. The SMILES string of the molecule is CC(C)=CCC/C(C)=C/CN1CCC[C@H](c2cc(=O)[nH]c(C)n2)C1. The van der Waals surface area contributed by atoms with Crippen LogP contribution >= 0.6 is 0 Å². The van der Waals surface area contributed by atoms with Crippen LogP contribution in [0.3, 0.4) is 0 Å². The molecule has 1 N–H and O–H groups in total. The second kappa shape index (κ2) is 8.97. The quantitative estimate of drug-likeness (QED) is 0.804. The zero-order valence-corrected chi connectivity index (χ0v) is 15.6. The molecule has 132 valence electrons. The van der Waals surface area contributed by atoms with Gasteiger partial charge in [-0.15, -0.1) is 0 Å². The summed E-state index contributed by atoms with van der Waals surface area (Å²) in [4.78, 5) is 21.4. The maximum atomic E-state index is 11.7. The number of allylic oxidation sites excluding steroid dienone is 3. The number of aryl methyl sites for hydroxylation is 1. The first-order valence-corrected chi connectivity index (χ1v) is 9.03. The molecule has 0 bridgehead atoms. The number of piperidine rings is 1. The lowest BCUT2D eigenvalue weighted by Crippen LogP contribution is -2.35. The van der Waals surface area contributed by atoms with Gasteiger partial charge in [0.25, 0.3) is 5.56 Å². The van der Waals surface area contributed by atoms with Crippen LogP contribution in [-0.4, -0.2) is 34.5 Å². The van der Waals surface area contributed by atoms with E-state index in [9.17, 15) is 4.79 Å². The number of aromatic amines is 1. The third-order valence-corrected chi connectivity index (χ3v) is 4.59. The van der Waals surface area contributed by atoms with Gasteiger partial charge in [-0.1, -0.05) is 23.3 Å². The Bertz CT molecular complexity index is 653. The third-order valence-electron chi connectivity index (χ3n) is 4.59. The maximum Gasteiger partial charge on any atom is 0.251 e. The molecule has 0 saturated carbocycles. The summed E-state index contributed by atoms with van der Waals surface area (Å²) in [6, 6.07) is 1.67. The topological polar surface area (TPSA) is 49.0 Å². The number of aromatic nitrogens is 2. The molecule has 0 radical (unpaired) electrons. The number of nitrogens with one attached hydrogen (secondary N) is 1. The fourth-order valence-electron chi connectivity index (χ4n) is 3.25. The molecule has 4 nitrogen and oxygen atoms in total. The Morgan fingerprint density at radius 1 is 1.38 bits per heavy atom. The Morgan fingerprint density at radius 3 is 2.88 bits per heavy atom. The average molecular weight is 329 g/mol. The van der Waals surface area contributed by atoms with Gasteiger partial charge in [-0.05, 0) is 59.9 Å². The fraction of sp³-hybridized carbons (Fsp3) is 0.600. The molecular formula is C20H31N3O. The molecule has 0 aliphatic carbocycles. The van der Waals surface area contributed by atoms with Crippen molar-refractivity contribution in [3.63, 3.8) is 0 Å². The van der Waals surface area contributed by atoms with Gasteiger partial charge in [0.05, 0.1) is 5.69 Å². The molecule has 1 aromatic rings. The Hall–Kier alpha value is -1.68. The maximum absolute atomic E-state index is 11.7.